The van der Waals surface area contributed by atoms with Crippen LogP contribution in [-0.4, -0.2) is 0 Å². The van der Waals surface area contributed by atoms with Gasteiger partial charge in [0.1, 0.15) is 10.0 Å². The monoisotopic (exact) mass is 840 g/mol. The van der Waals surface area contributed by atoms with Gasteiger partial charge in [-0.15, -0.1) is 22.7 Å². The van der Waals surface area contributed by atoms with Gasteiger partial charge in [0.25, 0.3) is 0 Å². The Bertz CT molecular complexity index is 3010. The molecule has 2 aliphatic rings. The lowest BCUT2D eigenvalue weighted by molar-refractivity contribution is 0.652. The summed E-state index contributed by atoms with van der Waals surface area (Å²) in [6, 6.07) is 51.2. The number of thiophene rings is 2. The molecular weight excluding hydrogens is 789 g/mol. The molecule has 0 aliphatic heterocycles. The Morgan fingerprint density at radius 2 is 0.726 bits per heavy atom. The van der Waals surface area contributed by atoms with Crippen LogP contribution < -0.4 is 9.80 Å². The highest BCUT2D eigenvalue weighted by molar-refractivity contribution is 7.23. The highest BCUT2D eigenvalue weighted by atomic mass is 32.1. The van der Waals surface area contributed by atoms with Gasteiger partial charge in [-0.1, -0.05) is 76.2 Å². The van der Waals surface area contributed by atoms with Crippen LogP contribution in [0.3, 0.4) is 0 Å². The average molecular weight is 841 g/mol. The van der Waals surface area contributed by atoms with E-state index in [1.807, 2.05) is 22.7 Å². The van der Waals surface area contributed by atoms with Gasteiger partial charge in [-0.2, -0.15) is 0 Å². The second-order valence-corrected chi connectivity index (χ2v) is 21.3. The molecule has 0 radical (unpaired) electrons. The van der Waals surface area contributed by atoms with E-state index < -0.39 is 0 Å². The summed E-state index contributed by atoms with van der Waals surface area (Å²) in [5.74, 6) is 0. The topological polar surface area (TPSA) is 6.48 Å². The Labute approximate surface area is 374 Å². The van der Waals surface area contributed by atoms with E-state index in [9.17, 15) is 0 Å². The van der Waals surface area contributed by atoms with Crippen molar-refractivity contribution in [1.29, 1.82) is 0 Å². The third-order valence-electron chi connectivity index (χ3n) is 13.7. The van der Waals surface area contributed by atoms with Crippen LogP contribution >= 0.6 is 22.7 Å². The number of nitrogens with zero attached hydrogens (tertiary/aromatic N) is 2. The first-order valence-corrected chi connectivity index (χ1v) is 23.5. The predicted octanol–water partition coefficient (Wildman–Crippen LogP) is 17.5. The van der Waals surface area contributed by atoms with E-state index in [2.05, 4.69) is 212 Å². The van der Waals surface area contributed by atoms with Gasteiger partial charge in [0.05, 0.1) is 0 Å². The minimum absolute atomic E-state index is 0.198. The molecule has 0 N–H and O–H groups in total. The summed E-state index contributed by atoms with van der Waals surface area (Å²) in [5, 5.41) is 5.04. The zero-order valence-electron chi connectivity index (χ0n) is 37.4. The van der Waals surface area contributed by atoms with E-state index in [1.54, 1.807) is 0 Å². The molecule has 0 saturated heterocycles. The fourth-order valence-corrected chi connectivity index (χ4v) is 13.2. The van der Waals surface area contributed by atoms with Crippen LogP contribution in [0.5, 0.6) is 0 Å². The lowest BCUT2D eigenvalue weighted by Crippen LogP contribution is -2.18. The lowest BCUT2D eigenvalue weighted by atomic mass is 9.79. The quantitative estimate of drug-likeness (QED) is 0.165. The summed E-state index contributed by atoms with van der Waals surface area (Å²) in [4.78, 5) is 4.99. The van der Waals surface area contributed by atoms with E-state index in [0.717, 1.165) is 0 Å². The van der Waals surface area contributed by atoms with Crippen molar-refractivity contribution in [2.75, 3.05) is 9.80 Å². The normalized spacial score (nSPS) is 14.2. The SMILES string of the molecule is Cc1cc(C)cc(N(c2cc(C)c3c(c2)C(C)(C)c2cc4c(cc2-3)C(C)(C)c2cc(N(c3cc(C)cc(C)c3)c3cc5ccccc5s3)cc(C)c2-4)c2cc3ccccc3s2)c1. The molecule has 0 amide bonds. The number of benzene rings is 7. The van der Waals surface area contributed by atoms with Crippen LogP contribution in [0.1, 0.15) is 83.3 Å². The van der Waals surface area contributed by atoms with Crippen molar-refractivity contribution in [3.8, 4) is 22.3 Å². The van der Waals surface area contributed by atoms with Crippen molar-refractivity contribution in [3.63, 3.8) is 0 Å². The van der Waals surface area contributed by atoms with E-state index in [0.29, 0.717) is 0 Å². The van der Waals surface area contributed by atoms with Crippen LogP contribution in [0.15, 0.2) is 133 Å². The smallest absolute Gasteiger partial charge is 0.101 e. The van der Waals surface area contributed by atoms with Gasteiger partial charge < -0.3 is 9.80 Å². The van der Waals surface area contributed by atoms with Crippen molar-refractivity contribution in [1.82, 2.24) is 0 Å². The summed E-state index contributed by atoms with van der Waals surface area (Å²) in [6.45, 7) is 23.3. The van der Waals surface area contributed by atoms with E-state index in [1.165, 1.54) is 131 Å². The van der Waals surface area contributed by atoms with Gasteiger partial charge in [0, 0.05) is 43.0 Å². The van der Waals surface area contributed by atoms with Gasteiger partial charge in [-0.05, 0) is 215 Å². The van der Waals surface area contributed by atoms with Crippen molar-refractivity contribution in [3.05, 3.63) is 189 Å². The molecule has 0 saturated carbocycles. The maximum Gasteiger partial charge on any atom is 0.101 e. The number of hydrogen-bond donors (Lipinski definition) is 0. The molecule has 0 bridgehead atoms. The first kappa shape index (κ1) is 38.9. The molecule has 2 heterocycles. The number of fused-ring (bicyclic) bond motifs is 8. The summed E-state index contributed by atoms with van der Waals surface area (Å²) in [7, 11) is 0. The van der Waals surface area contributed by atoms with E-state index in [4.69, 9.17) is 0 Å². The maximum atomic E-state index is 2.57. The van der Waals surface area contributed by atoms with Crippen LogP contribution in [0.2, 0.25) is 0 Å². The molecule has 9 aromatic rings. The third kappa shape index (κ3) is 5.94. The second kappa shape index (κ2) is 13.8. The highest BCUT2D eigenvalue weighted by Gasteiger charge is 2.43. The molecule has 62 heavy (non-hydrogen) atoms. The maximum absolute atomic E-state index is 2.57. The number of rotatable bonds is 6. The molecule has 2 nitrogen and oxygen atoms in total. The Hall–Kier alpha value is -5.94. The van der Waals surface area contributed by atoms with Crippen LogP contribution in [0.4, 0.5) is 32.8 Å². The largest absolute Gasteiger partial charge is 0.302 e. The lowest BCUT2D eigenvalue weighted by Gasteiger charge is -2.28. The zero-order valence-corrected chi connectivity index (χ0v) is 39.0. The summed E-state index contributed by atoms with van der Waals surface area (Å²) >= 11 is 3.74. The van der Waals surface area contributed by atoms with Gasteiger partial charge >= 0.3 is 0 Å². The third-order valence-corrected chi connectivity index (χ3v) is 15.9. The van der Waals surface area contributed by atoms with Gasteiger partial charge in [0.2, 0.25) is 0 Å². The Balaban J connectivity index is 1.05. The Morgan fingerprint density at radius 1 is 0.371 bits per heavy atom. The molecule has 0 unspecified atom stereocenters. The molecule has 0 atom stereocenters. The first-order valence-electron chi connectivity index (χ1n) is 21.9. The molecule has 11 rings (SSSR count). The van der Waals surface area contributed by atoms with Gasteiger partial charge in [-0.25, -0.2) is 0 Å². The van der Waals surface area contributed by atoms with E-state index in [-0.39, 0.29) is 10.8 Å². The molecule has 306 valence electrons. The second-order valence-electron chi connectivity index (χ2n) is 19.2. The summed E-state index contributed by atoms with van der Waals surface area (Å²) < 4.78 is 2.61. The molecule has 7 aromatic carbocycles. The first-order chi connectivity index (χ1) is 29.6. The Kier molecular flexibility index (Phi) is 8.66. The highest BCUT2D eigenvalue weighted by Crippen LogP contribution is 2.59. The summed E-state index contributed by atoms with van der Waals surface area (Å²) in [6.07, 6.45) is 0. The summed E-state index contributed by atoms with van der Waals surface area (Å²) in [5.41, 5.74) is 23.4. The molecule has 4 heteroatoms. The van der Waals surface area contributed by atoms with Gasteiger partial charge in [0.15, 0.2) is 0 Å². The number of anilines is 6. The molecule has 0 fully saturated rings. The molecule has 2 aliphatic carbocycles. The molecule has 2 aromatic heterocycles. The van der Waals surface area contributed by atoms with Crippen LogP contribution in [0, 0.1) is 41.5 Å². The number of aryl methyl sites for hydroxylation is 6. The van der Waals surface area contributed by atoms with Gasteiger partial charge in [-0.3, -0.25) is 0 Å². The molecular formula is C58H52N2S2. The Morgan fingerprint density at radius 3 is 1.10 bits per heavy atom. The standard InChI is InChI=1S/C58H52N2S2/c1-33-19-34(2)22-41(21-33)59(53-27-39-15-11-13-17-51(39)61-53)43-25-37(5)55-45-31-48-46(32-47(45)57(7,8)49(55)29-43)56-38(6)26-44(30-50(56)58(48,9)10)60(42-23-35(3)20-36(4)24-42)54-28-40-16-12-14-18-52(40)62-54/h11-32H,1-10H3. The minimum Gasteiger partial charge on any atom is -0.302 e. The zero-order chi connectivity index (χ0) is 43.0. The average Bonchev–Trinajstić information content (AvgIpc) is 3.94. The minimum atomic E-state index is -0.198. The van der Waals surface area contributed by atoms with Crippen molar-refractivity contribution in [2.24, 2.45) is 0 Å². The van der Waals surface area contributed by atoms with E-state index >= 15 is 0 Å². The number of hydrogen-bond acceptors (Lipinski definition) is 4. The van der Waals surface area contributed by atoms with Crippen molar-refractivity contribution >= 4 is 75.6 Å². The fraction of sp³-hybridized carbons (Fsp3) is 0.207. The van der Waals surface area contributed by atoms with Crippen LogP contribution in [0.25, 0.3) is 42.4 Å². The fourth-order valence-electron chi connectivity index (χ4n) is 11.0. The predicted molar refractivity (Wildman–Crippen MR) is 270 cm³/mol. The molecule has 0 spiro atoms. The van der Waals surface area contributed by atoms with Crippen molar-refractivity contribution < 1.29 is 0 Å². The van der Waals surface area contributed by atoms with Crippen LogP contribution in [-0.2, 0) is 10.8 Å². The van der Waals surface area contributed by atoms with Crippen molar-refractivity contribution in [2.45, 2.75) is 80.1 Å².